The summed E-state index contributed by atoms with van der Waals surface area (Å²) in [7, 11) is 0. The van der Waals surface area contributed by atoms with E-state index in [1.165, 1.54) is 6.20 Å². The summed E-state index contributed by atoms with van der Waals surface area (Å²) in [6, 6.07) is 14.1. The van der Waals surface area contributed by atoms with Gasteiger partial charge >= 0.3 is 12.2 Å². The molecule has 6 nitrogen and oxygen atoms in total. The van der Waals surface area contributed by atoms with E-state index in [1.807, 2.05) is 24.3 Å². The molecule has 0 radical (unpaired) electrons. The van der Waals surface area contributed by atoms with Gasteiger partial charge in [-0.25, -0.2) is 9.18 Å². The average molecular weight is 557 g/mol. The summed E-state index contributed by atoms with van der Waals surface area (Å²) in [6.07, 6.45) is 0.360. The first-order valence-electron chi connectivity index (χ1n) is 13.5. The number of carbonyl (C=O) groups excluding carboxylic acids is 1. The Morgan fingerprint density at radius 2 is 1.77 bits per heavy atom. The van der Waals surface area contributed by atoms with Gasteiger partial charge in [0, 0.05) is 25.2 Å². The molecule has 1 aromatic heterocycles. The molecule has 2 amide bonds. The van der Waals surface area contributed by atoms with Gasteiger partial charge in [0.15, 0.2) is 0 Å². The zero-order valence-corrected chi connectivity index (χ0v) is 21.9. The molecule has 2 aliphatic rings. The van der Waals surface area contributed by atoms with E-state index in [1.54, 1.807) is 18.2 Å². The Morgan fingerprint density at radius 1 is 1.02 bits per heavy atom. The highest BCUT2D eigenvalue weighted by atomic mass is 19.4. The Balaban J connectivity index is 1.72. The first kappa shape index (κ1) is 28.0. The molecule has 2 fully saturated rings. The molecule has 2 heterocycles. The van der Waals surface area contributed by atoms with Gasteiger partial charge in [0.2, 0.25) is 0 Å². The number of hydrogen-bond donors (Lipinski definition) is 3. The number of benzene rings is 2. The second kappa shape index (κ2) is 11.9. The molecule has 40 heavy (non-hydrogen) atoms. The third-order valence-corrected chi connectivity index (χ3v) is 7.59. The van der Waals surface area contributed by atoms with Crippen LogP contribution in [0.25, 0.3) is 0 Å². The number of aromatic nitrogens is 1. The highest BCUT2D eigenvalue weighted by Crippen LogP contribution is 2.40. The zero-order chi connectivity index (χ0) is 28.2. The second-order valence-electron chi connectivity index (χ2n) is 10.4. The van der Waals surface area contributed by atoms with Crippen LogP contribution in [0.4, 0.5) is 22.4 Å². The number of morpholine rings is 1. The summed E-state index contributed by atoms with van der Waals surface area (Å²) >= 11 is 0. The molecule has 10 heteroatoms. The van der Waals surface area contributed by atoms with Crippen molar-refractivity contribution in [1.29, 1.82) is 0 Å². The normalized spacial score (nSPS) is 19.6. The Hall–Kier alpha value is -3.50. The molecule has 3 aromatic rings. The topological polar surface area (TPSA) is 75.3 Å². The van der Waals surface area contributed by atoms with Gasteiger partial charge in [0.25, 0.3) is 0 Å². The minimum Gasteiger partial charge on any atom is -0.378 e. The molecule has 1 saturated carbocycles. The molecule has 1 saturated heterocycles. The van der Waals surface area contributed by atoms with E-state index in [-0.39, 0.29) is 24.1 Å². The van der Waals surface area contributed by atoms with Crippen LogP contribution in [0, 0.1) is 5.82 Å². The summed E-state index contributed by atoms with van der Waals surface area (Å²) in [6.45, 7) is 1.39. The van der Waals surface area contributed by atoms with Crippen LogP contribution in [-0.2, 0) is 22.9 Å². The van der Waals surface area contributed by atoms with Crippen molar-refractivity contribution >= 4 is 6.03 Å². The van der Waals surface area contributed by atoms with Crippen molar-refractivity contribution in [2.24, 2.45) is 0 Å². The molecule has 2 atom stereocenters. The van der Waals surface area contributed by atoms with Crippen molar-refractivity contribution in [3.63, 3.8) is 0 Å². The van der Waals surface area contributed by atoms with Crippen LogP contribution in [0.15, 0.2) is 66.9 Å². The molecule has 1 aliphatic heterocycles. The maximum Gasteiger partial charge on any atom is 0.416 e. The number of alkyl halides is 3. The molecule has 212 valence electrons. The lowest BCUT2D eigenvalue weighted by Gasteiger charge is -2.39. The first-order valence-corrected chi connectivity index (χ1v) is 13.5. The van der Waals surface area contributed by atoms with Crippen molar-refractivity contribution in [3.8, 4) is 0 Å². The Morgan fingerprint density at radius 3 is 2.48 bits per heavy atom. The summed E-state index contributed by atoms with van der Waals surface area (Å²) < 4.78 is 62.5. The highest BCUT2D eigenvalue weighted by Gasteiger charge is 2.43. The fraction of sp³-hybridized carbons (Fsp3) is 0.400. The third-order valence-electron chi connectivity index (χ3n) is 7.59. The van der Waals surface area contributed by atoms with Crippen LogP contribution < -0.4 is 16.0 Å². The lowest BCUT2D eigenvalue weighted by Crippen LogP contribution is -2.55. The first-order chi connectivity index (χ1) is 19.2. The van der Waals surface area contributed by atoms with Crippen molar-refractivity contribution in [2.45, 2.75) is 55.9 Å². The Bertz CT molecular complexity index is 1310. The van der Waals surface area contributed by atoms with Gasteiger partial charge in [0.05, 0.1) is 30.5 Å². The van der Waals surface area contributed by atoms with Crippen molar-refractivity contribution in [1.82, 2.24) is 20.9 Å². The molecule has 2 aromatic carbocycles. The van der Waals surface area contributed by atoms with Gasteiger partial charge in [-0.15, -0.1) is 0 Å². The minimum absolute atomic E-state index is 0.0320. The van der Waals surface area contributed by atoms with Gasteiger partial charge in [-0.05, 0) is 53.8 Å². The summed E-state index contributed by atoms with van der Waals surface area (Å²) in [4.78, 5) is 18.3. The fourth-order valence-electron chi connectivity index (χ4n) is 5.71. The number of nitrogens with zero attached hydrogens (tertiary/aromatic N) is 1. The maximum atomic E-state index is 15.0. The number of pyridine rings is 1. The van der Waals surface area contributed by atoms with E-state index in [2.05, 4.69) is 20.9 Å². The number of halogens is 4. The number of rotatable bonds is 7. The molecular formula is C30H32F4N4O2. The smallest absolute Gasteiger partial charge is 0.378 e. The van der Waals surface area contributed by atoms with E-state index in [0.717, 1.165) is 43.4 Å². The third kappa shape index (κ3) is 6.28. The van der Waals surface area contributed by atoms with E-state index in [9.17, 15) is 22.4 Å². The molecule has 2 unspecified atom stereocenters. The molecule has 1 aliphatic carbocycles. The predicted octanol–water partition coefficient (Wildman–Crippen LogP) is 5.63. The monoisotopic (exact) mass is 556 g/mol. The summed E-state index contributed by atoms with van der Waals surface area (Å²) in [5.74, 6) is -1.06. The quantitative estimate of drug-likeness (QED) is 0.330. The van der Waals surface area contributed by atoms with Crippen LogP contribution in [0.3, 0.4) is 0 Å². The number of hydrogen-bond acceptors (Lipinski definition) is 4. The number of amides is 2. The van der Waals surface area contributed by atoms with Gasteiger partial charge in [-0.2, -0.15) is 13.2 Å². The van der Waals surface area contributed by atoms with Crippen LogP contribution in [-0.4, -0.2) is 36.8 Å². The van der Waals surface area contributed by atoms with Crippen molar-refractivity contribution < 1.29 is 27.1 Å². The number of nitrogens with one attached hydrogen (secondary N) is 3. The number of carbonyl (C=O) groups is 1. The second-order valence-corrected chi connectivity index (χ2v) is 10.4. The lowest BCUT2D eigenvalue weighted by atomic mass is 9.77. The number of urea groups is 1. The van der Waals surface area contributed by atoms with Crippen LogP contribution in [0.5, 0.6) is 0 Å². The average Bonchev–Trinajstić information content (AvgIpc) is 3.46. The SMILES string of the molecule is O=C(NC1CCCC1)NC(Cc1ccccc1)(c1cc(F)cc(C(F)(F)F)c1)c1ncccc1C1COCCN1. The lowest BCUT2D eigenvalue weighted by molar-refractivity contribution is -0.137. The van der Waals surface area contributed by atoms with Crippen LogP contribution in [0.2, 0.25) is 0 Å². The van der Waals surface area contributed by atoms with Gasteiger partial charge in [0.1, 0.15) is 11.4 Å². The molecule has 0 bridgehead atoms. The Labute approximate surface area is 230 Å². The molecule has 0 spiro atoms. The van der Waals surface area contributed by atoms with Crippen molar-refractivity contribution in [3.05, 3.63) is 101 Å². The molecule has 5 rings (SSSR count). The van der Waals surface area contributed by atoms with E-state index >= 15 is 0 Å². The fourth-order valence-corrected chi connectivity index (χ4v) is 5.71. The van der Waals surface area contributed by atoms with E-state index < -0.39 is 29.1 Å². The summed E-state index contributed by atoms with van der Waals surface area (Å²) in [5, 5.41) is 9.37. The summed E-state index contributed by atoms with van der Waals surface area (Å²) in [5.41, 5.74) is -1.15. The standard InChI is InChI=1S/C30H32F4N4O2/c31-23-16-21(15-22(17-23)30(32,33)34)29(18-20-7-2-1-3-8-20,38-28(39)37-24-9-4-5-10-24)27-25(11-6-12-36-27)26-19-40-14-13-35-26/h1-3,6-8,11-12,15-17,24,26,35H,4-5,9-10,13-14,18-19H2,(H2,37,38,39). The minimum atomic E-state index is -4.80. The Kier molecular flexibility index (Phi) is 8.37. The largest absolute Gasteiger partial charge is 0.416 e. The maximum absolute atomic E-state index is 15.0. The van der Waals surface area contributed by atoms with E-state index in [4.69, 9.17) is 4.74 Å². The molecule has 3 N–H and O–H groups in total. The predicted molar refractivity (Wildman–Crippen MR) is 142 cm³/mol. The van der Waals surface area contributed by atoms with Gasteiger partial charge in [-0.1, -0.05) is 49.2 Å². The van der Waals surface area contributed by atoms with Crippen LogP contribution >= 0.6 is 0 Å². The van der Waals surface area contributed by atoms with Gasteiger partial charge < -0.3 is 20.7 Å². The van der Waals surface area contributed by atoms with Gasteiger partial charge in [-0.3, -0.25) is 4.98 Å². The van der Waals surface area contributed by atoms with E-state index in [0.29, 0.717) is 37.1 Å². The zero-order valence-electron chi connectivity index (χ0n) is 21.9. The van der Waals surface area contributed by atoms with Crippen LogP contribution in [0.1, 0.15) is 59.7 Å². The highest BCUT2D eigenvalue weighted by molar-refractivity contribution is 5.76. The van der Waals surface area contributed by atoms with Crippen molar-refractivity contribution in [2.75, 3.05) is 19.8 Å². The number of ether oxygens (including phenoxy) is 1. The molecular weight excluding hydrogens is 524 g/mol.